The first kappa shape index (κ1) is 13.0. The van der Waals surface area contributed by atoms with Crippen LogP contribution in [0.15, 0.2) is 0 Å². The summed E-state index contributed by atoms with van der Waals surface area (Å²) in [5.74, 6) is -1.27. The minimum absolute atomic E-state index is 0.0482. The van der Waals surface area contributed by atoms with Crippen LogP contribution in [0.2, 0.25) is 0 Å². The lowest BCUT2D eigenvalue weighted by molar-refractivity contribution is -0.319. The summed E-state index contributed by atoms with van der Waals surface area (Å²) in [6.45, 7) is 5.64. The molecule has 16 heavy (non-hydrogen) atoms. The quantitative estimate of drug-likeness (QED) is 0.766. The Kier molecular flexibility index (Phi) is 3.61. The van der Waals surface area contributed by atoms with E-state index in [1.165, 1.54) is 0 Å². The summed E-state index contributed by atoms with van der Waals surface area (Å²) in [5.41, 5.74) is -1.24. The van der Waals surface area contributed by atoms with Crippen molar-refractivity contribution >= 4 is 11.9 Å². The molecule has 4 heteroatoms. The molecule has 92 valence electrons. The second-order valence-electron chi connectivity index (χ2n) is 5.75. The first-order valence-electron chi connectivity index (χ1n) is 5.78. The minimum atomic E-state index is -1.07. The highest BCUT2D eigenvalue weighted by Gasteiger charge is 2.37. The summed E-state index contributed by atoms with van der Waals surface area (Å²) in [6.07, 6.45) is 2.92. The van der Waals surface area contributed by atoms with Gasteiger partial charge >= 0.3 is 0 Å². The molecule has 0 aromatic rings. The van der Waals surface area contributed by atoms with E-state index < -0.39 is 11.4 Å². The Hall–Kier alpha value is -1.06. The number of amides is 1. The van der Waals surface area contributed by atoms with E-state index in [1.54, 1.807) is 0 Å². The molecule has 0 unspecified atom stereocenters. The number of aliphatic carboxylic acids is 1. The van der Waals surface area contributed by atoms with Gasteiger partial charge in [0.15, 0.2) is 0 Å². The summed E-state index contributed by atoms with van der Waals surface area (Å²) in [5, 5.41) is 13.9. The van der Waals surface area contributed by atoms with Crippen molar-refractivity contribution in [1.82, 2.24) is 5.32 Å². The molecule has 0 radical (unpaired) electrons. The molecular weight excluding hydrogens is 206 g/mol. The average molecular weight is 226 g/mol. The predicted molar refractivity (Wildman–Crippen MR) is 58.4 cm³/mol. The molecule has 1 amide bonds. The molecule has 0 saturated heterocycles. The molecule has 0 aromatic heterocycles. The molecule has 1 fully saturated rings. The average Bonchev–Trinajstić information content (AvgIpc) is 2.49. The van der Waals surface area contributed by atoms with Gasteiger partial charge in [-0.05, 0) is 33.6 Å². The fourth-order valence-corrected chi connectivity index (χ4v) is 2.27. The van der Waals surface area contributed by atoms with E-state index in [4.69, 9.17) is 0 Å². The second kappa shape index (κ2) is 4.44. The maximum atomic E-state index is 11.7. The number of carbonyl (C=O) groups excluding carboxylic acids is 2. The van der Waals surface area contributed by atoms with Crippen LogP contribution in [-0.4, -0.2) is 17.4 Å². The van der Waals surface area contributed by atoms with Gasteiger partial charge in [0.05, 0.1) is 0 Å². The Bertz CT molecular complexity index is 285. The molecule has 0 aliphatic heterocycles. The third kappa shape index (κ3) is 3.22. The zero-order chi connectivity index (χ0) is 12.4. The third-order valence-corrected chi connectivity index (χ3v) is 3.01. The molecule has 1 aliphatic carbocycles. The minimum Gasteiger partial charge on any atom is -0.550 e. The monoisotopic (exact) mass is 226 g/mol. The Morgan fingerprint density at radius 1 is 1.25 bits per heavy atom. The van der Waals surface area contributed by atoms with E-state index in [0.29, 0.717) is 12.8 Å². The van der Waals surface area contributed by atoms with E-state index in [2.05, 4.69) is 5.32 Å². The summed E-state index contributed by atoms with van der Waals surface area (Å²) in [7, 11) is 0. The lowest BCUT2D eigenvalue weighted by Crippen LogP contribution is -2.47. The van der Waals surface area contributed by atoms with Gasteiger partial charge < -0.3 is 15.2 Å². The number of carboxylic acid groups (broad SMARTS) is 1. The van der Waals surface area contributed by atoms with Crippen molar-refractivity contribution in [1.29, 1.82) is 0 Å². The zero-order valence-electron chi connectivity index (χ0n) is 10.3. The lowest BCUT2D eigenvalue weighted by atomic mass is 9.82. The van der Waals surface area contributed by atoms with Crippen LogP contribution < -0.4 is 10.4 Å². The lowest BCUT2D eigenvalue weighted by Gasteiger charge is -2.31. The first-order chi connectivity index (χ1) is 7.25. The first-order valence-corrected chi connectivity index (χ1v) is 5.78. The maximum Gasteiger partial charge on any atom is 0.221 e. The van der Waals surface area contributed by atoms with Gasteiger partial charge in [-0.2, -0.15) is 0 Å². The van der Waals surface area contributed by atoms with Gasteiger partial charge in [0.1, 0.15) is 0 Å². The van der Waals surface area contributed by atoms with Crippen molar-refractivity contribution in [3.63, 3.8) is 0 Å². The molecular formula is C12H20NO3-. The molecule has 0 heterocycles. The number of nitrogens with one attached hydrogen (secondary N) is 1. The molecule has 0 atom stereocenters. The maximum absolute atomic E-state index is 11.7. The van der Waals surface area contributed by atoms with Crippen LogP contribution >= 0.6 is 0 Å². The van der Waals surface area contributed by atoms with Crippen LogP contribution in [0.3, 0.4) is 0 Å². The van der Waals surface area contributed by atoms with Crippen molar-refractivity contribution in [2.45, 2.75) is 58.4 Å². The summed E-state index contributed by atoms with van der Waals surface area (Å²) in [4.78, 5) is 22.9. The summed E-state index contributed by atoms with van der Waals surface area (Å²) < 4.78 is 0. The Morgan fingerprint density at radius 2 is 1.75 bits per heavy atom. The number of carbonyl (C=O) groups is 2. The molecule has 1 aliphatic rings. The van der Waals surface area contributed by atoms with Crippen LogP contribution in [0.25, 0.3) is 0 Å². The normalized spacial score (nSPS) is 19.4. The summed E-state index contributed by atoms with van der Waals surface area (Å²) in [6, 6.07) is 0. The highest BCUT2D eigenvalue weighted by molar-refractivity contribution is 5.84. The molecule has 4 nitrogen and oxygen atoms in total. The number of carboxylic acids is 1. The van der Waals surface area contributed by atoms with Gasteiger partial charge in [-0.25, -0.2) is 0 Å². The Balaban J connectivity index is 2.63. The van der Waals surface area contributed by atoms with Gasteiger partial charge in [-0.15, -0.1) is 0 Å². The van der Waals surface area contributed by atoms with Crippen molar-refractivity contribution < 1.29 is 14.7 Å². The van der Waals surface area contributed by atoms with Gasteiger partial charge in [0, 0.05) is 23.3 Å². The third-order valence-electron chi connectivity index (χ3n) is 3.01. The molecule has 1 saturated carbocycles. The molecule has 0 bridgehead atoms. The zero-order valence-corrected chi connectivity index (χ0v) is 10.3. The van der Waals surface area contributed by atoms with Gasteiger partial charge in [-0.3, -0.25) is 4.79 Å². The van der Waals surface area contributed by atoms with Gasteiger partial charge in [0.2, 0.25) is 5.91 Å². The van der Waals surface area contributed by atoms with E-state index in [-0.39, 0.29) is 17.9 Å². The van der Waals surface area contributed by atoms with Crippen molar-refractivity contribution in [2.24, 2.45) is 5.41 Å². The van der Waals surface area contributed by atoms with Gasteiger partial charge in [0.25, 0.3) is 0 Å². The van der Waals surface area contributed by atoms with E-state index >= 15 is 0 Å². The fourth-order valence-electron chi connectivity index (χ4n) is 2.27. The predicted octanol–water partition coefficient (Wildman–Crippen LogP) is 0.601. The van der Waals surface area contributed by atoms with Gasteiger partial charge in [-0.1, -0.05) is 12.8 Å². The number of rotatable bonds is 3. The smallest absolute Gasteiger partial charge is 0.221 e. The fraction of sp³-hybridized carbons (Fsp3) is 0.833. The van der Waals surface area contributed by atoms with E-state index in [0.717, 1.165) is 12.8 Å². The second-order valence-corrected chi connectivity index (χ2v) is 5.75. The highest BCUT2D eigenvalue weighted by atomic mass is 16.4. The van der Waals surface area contributed by atoms with Crippen molar-refractivity contribution in [2.75, 3.05) is 0 Å². The highest BCUT2D eigenvalue weighted by Crippen LogP contribution is 2.40. The van der Waals surface area contributed by atoms with Crippen LogP contribution in [0.1, 0.15) is 52.9 Å². The molecule has 1 rings (SSSR count). The van der Waals surface area contributed by atoms with Crippen LogP contribution in [-0.2, 0) is 9.59 Å². The largest absolute Gasteiger partial charge is 0.550 e. The Morgan fingerprint density at radius 3 is 2.12 bits per heavy atom. The van der Waals surface area contributed by atoms with E-state index in [1.807, 2.05) is 20.8 Å². The van der Waals surface area contributed by atoms with Crippen LogP contribution in [0.5, 0.6) is 0 Å². The van der Waals surface area contributed by atoms with E-state index in [9.17, 15) is 14.7 Å². The Labute approximate surface area is 96.4 Å². The SMILES string of the molecule is CC(C)(C)NC(=O)CC1(C(=O)[O-])CCCC1. The molecule has 1 N–H and O–H groups in total. The number of hydrogen-bond acceptors (Lipinski definition) is 3. The molecule has 0 aromatic carbocycles. The van der Waals surface area contributed by atoms with Crippen LogP contribution in [0.4, 0.5) is 0 Å². The molecule has 0 spiro atoms. The number of hydrogen-bond donors (Lipinski definition) is 1. The summed E-state index contributed by atoms with van der Waals surface area (Å²) >= 11 is 0. The van der Waals surface area contributed by atoms with Crippen molar-refractivity contribution in [3.05, 3.63) is 0 Å². The van der Waals surface area contributed by atoms with Crippen molar-refractivity contribution in [3.8, 4) is 0 Å². The topological polar surface area (TPSA) is 69.2 Å². The standard InChI is InChI=1S/C12H21NO3/c1-11(2,3)13-9(14)8-12(10(15)16)6-4-5-7-12/h4-8H2,1-3H3,(H,13,14)(H,15,16)/p-1. The van der Waals surface area contributed by atoms with Crippen LogP contribution in [0, 0.1) is 5.41 Å².